The Kier molecular flexibility index (Phi) is 7.11. The van der Waals surface area contributed by atoms with Gasteiger partial charge in [-0.15, -0.1) is 11.3 Å². The Bertz CT molecular complexity index is 1230. The van der Waals surface area contributed by atoms with Crippen LogP contribution in [0.3, 0.4) is 0 Å². The number of sulfonamides is 1. The summed E-state index contributed by atoms with van der Waals surface area (Å²) in [6, 6.07) is 11.6. The van der Waals surface area contributed by atoms with Crippen molar-refractivity contribution in [2.75, 3.05) is 18.4 Å². The van der Waals surface area contributed by atoms with E-state index in [1.807, 2.05) is 41.8 Å². The van der Waals surface area contributed by atoms with Crippen LogP contribution >= 0.6 is 11.3 Å². The maximum absolute atomic E-state index is 13.5. The molecule has 1 fully saturated rings. The van der Waals surface area contributed by atoms with Crippen LogP contribution in [0, 0.1) is 12.8 Å². The highest BCUT2D eigenvalue weighted by Crippen LogP contribution is 2.30. The predicted octanol–water partition coefficient (Wildman–Crippen LogP) is 4.82. The van der Waals surface area contributed by atoms with Gasteiger partial charge in [0, 0.05) is 23.7 Å². The maximum Gasteiger partial charge on any atom is 0.248 e. The van der Waals surface area contributed by atoms with Crippen molar-refractivity contribution in [3.05, 3.63) is 63.7 Å². The summed E-state index contributed by atoms with van der Waals surface area (Å²) in [4.78, 5) is 13.9. The number of thiophene rings is 1. The van der Waals surface area contributed by atoms with Crippen LogP contribution in [0.1, 0.15) is 41.7 Å². The van der Waals surface area contributed by atoms with E-state index in [4.69, 9.17) is 4.52 Å². The van der Waals surface area contributed by atoms with Gasteiger partial charge >= 0.3 is 0 Å². The van der Waals surface area contributed by atoms with E-state index < -0.39 is 15.9 Å². The molecule has 33 heavy (non-hydrogen) atoms. The van der Waals surface area contributed by atoms with Gasteiger partial charge in [0.15, 0.2) is 10.7 Å². The quantitative estimate of drug-likeness (QED) is 0.518. The van der Waals surface area contributed by atoms with E-state index in [9.17, 15) is 13.2 Å². The molecule has 7 nitrogen and oxygen atoms in total. The van der Waals surface area contributed by atoms with Crippen LogP contribution < -0.4 is 5.32 Å². The summed E-state index contributed by atoms with van der Waals surface area (Å²) in [5, 5.41) is 8.77. The van der Waals surface area contributed by atoms with Crippen molar-refractivity contribution in [1.82, 2.24) is 9.46 Å². The first-order valence-corrected chi connectivity index (χ1v) is 13.3. The standard InChI is InChI=1S/C24H27N3O4S2/c1-3-18-8-10-20(11-9-18)25-24(28)19-6-4-14-27(16-19)33(29,30)23-17(2)26-31-22(23)13-12-21-7-5-15-32-21/h5,7-13,15,19H,3-4,6,14,16H2,1-2H3,(H,25,28)/b13-12+/t19-/m1/s1. The predicted molar refractivity (Wildman–Crippen MR) is 130 cm³/mol. The molecular formula is C24H27N3O4S2. The van der Waals surface area contributed by atoms with Crippen LogP contribution in [-0.4, -0.2) is 36.9 Å². The smallest absolute Gasteiger partial charge is 0.248 e. The van der Waals surface area contributed by atoms with Crippen LogP contribution in [0.15, 0.2) is 51.2 Å². The molecule has 1 atom stereocenters. The van der Waals surface area contributed by atoms with Gasteiger partial charge in [0.1, 0.15) is 5.69 Å². The molecular weight excluding hydrogens is 458 g/mol. The van der Waals surface area contributed by atoms with Gasteiger partial charge in [-0.1, -0.05) is 30.3 Å². The van der Waals surface area contributed by atoms with Gasteiger partial charge in [0.2, 0.25) is 15.9 Å². The summed E-state index contributed by atoms with van der Waals surface area (Å²) >= 11 is 1.54. The van der Waals surface area contributed by atoms with E-state index in [0.29, 0.717) is 30.8 Å². The molecule has 0 bridgehead atoms. The number of amides is 1. The summed E-state index contributed by atoms with van der Waals surface area (Å²) in [7, 11) is -3.87. The molecule has 0 spiro atoms. The lowest BCUT2D eigenvalue weighted by atomic mass is 9.98. The minimum atomic E-state index is -3.87. The van der Waals surface area contributed by atoms with Gasteiger partial charge in [-0.25, -0.2) is 8.42 Å². The number of nitrogens with zero attached hydrogens (tertiary/aromatic N) is 2. The number of piperidine rings is 1. The second-order valence-corrected chi connectivity index (χ2v) is 10.9. The van der Waals surface area contributed by atoms with Crippen LogP contribution in [0.5, 0.6) is 0 Å². The lowest BCUT2D eigenvalue weighted by Gasteiger charge is -2.31. The highest BCUT2D eigenvalue weighted by Gasteiger charge is 2.37. The molecule has 1 aliphatic rings. The Morgan fingerprint density at radius 1 is 1.27 bits per heavy atom. The highest BCUT2D eigenvalue weighted by molar-refractivity contribution is 7.89. The van der Waals surface area contributed by atoms with Gasteiger partial charge in [-0.05, 0) is 67.5 Å². The Labute approximate surface area is 198 Å². The number of carbonyl (C=O) groups is 1. The minimum absolute atomic E-state index is 0.0616. The zero-order valence-electron chi connectivity index (χ0n) is 18.7. The van der Waals surface area contributed by atoms with Crippen molar-refractivity contribution in [2.45, 2.75) is 38.0 Å². The van der Waals surface area contributed by atoms with Gasteiger partial charge < -0.3 is 9.84 Å². The molecule has 0 aliphatic carbocycles. The molecule has 4 rings (SSSR count). The monoisotopic (exact) mass is 485 g/mol. The normalized spacial score (nSPS) is 17.5. The van der Waals surface area contributed by atoms with Crippen molar-refractivity contribution in [2.24, 2.45) is 5.92 Å². The van der Waals surface area contributed by atoms with Gasteiger partial charge in [-0.3, -0.25) is 4.79 Å². The molecule has 0 unspecified atom stereocenters. The van der Waals surface area contributed by atoms with Crippen LogP contribution in [0.2, 0.25) is 0 Å². The van der Waals surface area contributed by atoms with E-state index in [1.54, 1.807) is 30.4 Å². The Balaban J connectivity index is 1.50. The fourth-order valence-electron chi connectivity index (χ4n) is 3.91. The third kappa shape index (κ3) is 5.26. The summed E-state index contributed by atoms with van der Waals surface area (Å²) in [5.41, 5.74) is 2.22. The van der Waals surface area contributed by atoms with Gasteiger partial charge in [0.05, 0.1) is 5.92 Å². The Morgan fingerprint density at radius 2 is 2.06 bits per heavy atom. The summed E-state index contributed by atoms with van der Waals surface area (Å²) in [5.74, 6) is -0.396. The first-order valence-electron chi connectivity index (χ1n) is 11.0. The van der Waals surface area contributed by atoms with E-state index in [1.165, 1.54) is 9.87 Å². The number of aromatic nitrogens is 1. The summed E-state index contributed by atoms with van der Waals surface area (Å²) in [6.07, 6.45) is 5.61. The zero-order chi connectivity index (χ0) is 23.4. The molecule has 3 aromatic rings. The molecule has 3 heterocycles. The molecule has 1 aromatic carbocycles. The third-order valence-electron chi connectivity index (χ3n) is 5.76. The number of hydrogen-bond donors (Lipinski definition) is 1. The lowest BCUT2D eigenvalue weighted by molar-refractivity contribution is -0.120. The van der Waals surface area contributed by atoms with E-state index >= 15 is 0 Å². The Hall–Kier alpha value is -2.75. The maximum atomic E-state index is 13.5. The molecule has 1 N–H and O–H groups in total. The number of anilines is 1. The first-order chi connectivity index (χ1) is 15.9. The molecule has 2 aromatic heterocycles. The SMILES string of the molecule is CCc1ccc(NC(=O)[C@@H]2CCCN(S(=O)(=O)c3c(C)noc3/C=C/c3cccs3)C2)cc1. The van der Waals surface area contributed by atoms with Crippen LogP contribution in [0.25, 0.3) is 12.2 Å². The summed E-state index contributed by atoms with van der Waals surface area (Å²) < 4.78 is 33.7. The average Bonchev–Trinajstić information content (AvgIpc) is 3.48. The van der Waals surface area contributed by atoms with Crippen LogP contribution in [-0.2, 0) is 21.2 Å². The topological polar surface area (TPSA) is 92.5 Å². The number of nitrogens with one attached hydrogen (secondary N) is 1. The highest BCUT2D eigenvalue weighted by atomic mass is 32.2. The molecule has 9 heteroatoms. The number of rotatable bonds is 7. The molecule has 0 radical (unpaired) electrons. The number of carbonyl (C=O) groups excluding carboxylic acids is 1. The second-order valence-electron chi connectivity index (χ2n) is 8.05. The molecule has 1 amide bonds. The number of hydrogen-bond acceptors (Lipinski definition) is 6. The summed E-state index contributed by atoms with van der Waals surface area (Å²) in [6.45, 7) is 4.17. The molecule has 0 saturated carbocycles. The molecule has 174 valence electrons. The lowest BCUT2D eigenvalue weighted by Crippen LogP contribution is -2.43. The first kappa shape index (κ1) is 23.4. The van der Waals surface area contributed by atoms with E-state index in [0.717, 1.165) is 11.3 Å². The second kappa shape index (κ2) is 10.0. The van der Waals surface area contributed by atoms with Crippen LogP contribution in [0.4, 0.5) is 5.69 Å². The van der Waals surface area contributed by atoms with Crippen molar-refractivity contribution < 1.29 is 17.7 Å². The average molecular weight is 486 g/mol. The molecule has 1 saturated heterocycles. The zero-order valence-corrected chi connectivity index (χ0v) is 20.3. The van der Waals surface area contributed by atoms with Crippen molar-refractivity contribution in [1.29, 1.82) is 0 Å². The number of aryl methyl sites for hydroxylation is 2. The third-order valence-corrected chi connectivity index (χ3v) is 8.62. The van der Waals surface area contributed by atoms with E-state index in [-0.39, 0.29) is 23.1 Å². The fourth-order valence-corrected chi connectivity index (χ4v) is 6.31. The van der Waals surface area contributed by atoms with Crippen molar-refractivity contribution >= 4 is 45.1 Å². The van der Waals surface area contributed by atoms with Gasteiger partial charge in [-0.2, -0.15) is 4.31 Å². The fraction of sp³-hybridized carbons (Fsp3) is 0.333. The number of benzene rings is 1. The molecule has 1 aliphatic heterocycles. The van der Waals surface area contributed by atoms with Crippen molar-refractivity contribution in [3.8, 4) is 0 Å². The van der Waals surface area contributed by atoms with E-state index in [2.05, 4.69) is 17.4 Å². The Morgan fingerprint density at radius 3 is 2.76 bits per heavy atom. The largest absolute Gasteiger partial charge is 0.355 e. The van der Waals surface area contributed by atoms with Crippen molar-refractivity contribution in [3.63, 3.8) is 0 Å². The minimum Gasteiger partial charge on any atom is -0.355 e. The van der Waals surface area contributed by atoms with Gasteiger partial charge in [0.25, 0.3) is 0 Å².